The molecule has 0 radical (unpaired) electrons. The molecule has 0 spiro atoms. The molecule has 0 saturated heterocycles. The van der Waals surface area contributed by atoms with Gasteiger partial charge in [-0.05, 0) is 64.0 Å². The van der Waals surface area contributed by atoms with Crippen molar-refractivity contribution in [3.8, 4) is 11.5 Å². The van der Waals surface area contributed by atoms with Crippen molar-refractivity contribution in [2.45, 2.75) is 0 Å². The predicted octanol–water partition coefficient (Wildman–Crippen LogP) is 4.79. The maximum Gasteiger partial charge on any atom is 0.191 e. The van der Waals surface area contributed by atoms with Crippen molar-refractivity contribution in [1.82, 2.24) is 5.43 Å². The first-order valence-corrected chi connectivity index (χ1v) is 8.48. The quantitative estimate of drug-likeness (QED) is 0.356. The lowest BCUT2D eigenvalue weighted by Gasteiger charge is -2.09. The number of nitrogens with zero attached hydrogens (tertiary/aromatic N) is 1. The number of rotatable bonds is 4. The third-order valence-corrected chi connectivity index (χ3v) is 4.18. The number of thiocarbonyl (C=S) groups is 1. The molecule has 0 aliphatic rings. The van der Waals surface area contributed by atoms with Crippen LogP contribution in [-0.4, -0.2) is 23.5 Å². The van der Waals surface area contributed by atoms with Crippen LogP contribution in [0.25, 0.3) is 0 Å². The van der Waals surface area contributed by atoms with E-state index in [4.69, 9.17) is 40.2 Å². The van der Waals surface area contributed by atoms with Crippen LogP contribution in [0.15, 0.2) is 39.9 Å². The molecule has 3 N–H and O–H groups in total. The van der Waals surface area contributed by atoms with Crippen LogP contribution in [0.3, 0.4) is 0 Å². The van der Waals surface area contributed by atoms with Gasteiger partial charge in [-0.1, -0.05) is 23.2 Å². The zero-order chi connectivity index (χ0) is 17.7. The van der Waals surface area contributed by atoms with Gasteiger partial charge in [-0.3, -0.25) is 5.43 Å². The number of aromatic hydroxyl groups is 1. The van der Waals surface area contributed by atoms with E-state index >= 15 is 0 Å². The molecule has 0 aliphatic carbocycles. The maximum atomic E-state index is 9.76. The van der Waals surface area contributed by atoms with E-state index in [1.54, 1.807) is 30.3 Å². The molecule has 5 nitrogen and oxygen atoms in total. The molecular formula is C15H12BrCl2N3O2S. The Labute approximate surface area is 162 Å². The molecule has 0 aromatic heterocycles. The number of halogens is 3. The smallest absolute Gasteiger partial charge is 0.191 e. The Morgan fingerprint density at radius 3 is 2.75 bits per heavy atom. The number of methoxy groups -OCH3 is 1. The van der Waals surface area contributed by atoms with Gasteiger partial charge in [-0.15, -0.1) is 0 Å². The molecule has 2 rings (SSSR count). The molecule has 0 saturated carbocycles. The molecule has 24 heavy (non-hydrogen) atoms. The second kappa shape index (κ2) is 8.53. The van der Waals surface area contributed by atoms with Crippen LogP contribution in [0, 0.1) is 0 Å². The summed E-state index contributed by atoms with van der Waals surface area (Å²) in [7, 11) is 1.47. The van der Waals surface area contributed by atoms with Crippen LogP contribution in [0.4, 0.5) is 5.69 Å². The molecule has 0 unspecified atom stereocenters. The highest BCUT2D eigenvalue weighted by Crippen LogP contribution is 2.34. The average Bonchev–Trinajstić information content (AvgIpc) is 2.53. The van der Waals surface area contributed by atoms with Crippen LogP contribution < -0.4 is 15.5 Å². The standard InChI is InChI=1S/C15H12BrCl2N3O2S/c1-23-13-5-8(4-10(16)14(13)22)7-19-21-15(24)20-12-3-2-9(17)6-11(12)18/h2-7,22H,1H3,(H2,20,21,24)/b19-7+. The Hall–Kier alpha value is -1.54. The molecule has 126 valence electrons. The van der Waals surface area contributed by atoms with Crippen molar-refractivity contribution in [1.29, 1.82) is 0 Å². The number of hydrogen-bond acceptors (Lipinski definition) is 4. The van der Waals surface area contributed by atoms with Gasteiger partial charge in [0.05, 0.1) is 28.5 Å². The molecule has 0 amide bonds. The van der Waals surface area contributed by atoms with E-state index in [2.05, 4.69) is 31.8 Å². The van der Waals surface area contributed by atoms with Crippen LogP contribution in [0.2, 0.25) is 10.0 Å². The second-order valence-electron chi connectivity index (χ2n) is 4.50. The van der Waals surface area contributed by atoms with Crippen LogP contribution >= 0.6 is 51.3 Å². The normalized spacial score (nSPS) is 10.7. The Balaban J connectivity index is 2.01. The second-order valence-corrected chi connectivity index (χ2v) is 6.61. The third kappa shape index (κ3) is 4.98. The van der Waals surface area contributed by atoms with E-state index in [0.717, 1.165) is 0 Å². The van der Waals surface area contributed by atoms with Crippen molar-refractivity contribution in [3.63, 3.8) is 0 Å². The van der Waals surface area contributed by atoms with Crippen LogP contribution in [0.5, 0.6) is 11.5 Å². The van der Waals surface area contributed by atoms with Gasteiger partial charge in [-0.2, -0.15) is 5.10 Å². The van der Waals surface area contributed by atoms with E-state index in [-0.39, 0.29) is 10.9 Å². The maximum absolute atomic E-state index is 9.76. The highest BCUT2D eigenvalue weighted by Gasteiger charge is 2.07. The fourth-order valence-corrected chi connectivity index (χ4v) is 2.81. The van der Waals surface area contributed by atoms with E-state index in [0.29, 0.717) is 31.5 Å². The van der Waals surface area contributed by atoms with Gasteiger partial charge >= 0.3 is 0 Å². The minimum atomic E-state index is 0.0252. The highest BCUT2D eigenvalue weighted by molar-refractivity contribution is 9.10. The lowest BCUT2D eigenvalue weighted by molar-refractivity contribution is 0.372. The molecule has 2 aromatic carbocycles. The van der Waals surface area contributed by atoms with Gasteiger partial charge < -0.3 is 15.2 Å². The number of phenolic OH excluding ortho intramolecular Hbond substituents is 1. The van der Waals surface area contributed by atoms with Gasteiger partial charge in [0, 0.05) is 5.02 Å². The minimum absolute atomic E-state index is 0.0252. The summed E-state index contributed by atoms with van der Waals surface area (Å²) in [4.78, 5) is 0. The molecule has 9 heteroatoms. The topological polar surface area (TPSA) is 65.9 Å². The van der Waals surface area contributed by atoms with Gasteiger partial charge in [0.1, 0.15) is 0 Å². The Morgan fingerprint density at radius 2 is 2.08 bits per heavy atom. The summed E-state index contributed by atoms with van der Waals surface area (Å²) in [6.07, 6.45) is 1.53. The van der Waals surface area contributed by atoms with E-state index in [9.17, 15) is 5.11 Å². The van der Waals surface area contributed by atoms with Crippen molar-refractivity contribution in [2.75, 3.05) is 12.4 Å². The zero-order valence-corrected chi connectivity index (χ0v) is 16.2. The Bertz CT molecular complexity index is 803. The Morgan fingerprint density at radius 1 is 1.33 bits per heavy atom. The molecule has 0 aliphatic heterocycles. The zero-order valence-electron chi connectivity index (χ0n) is 12.3. The fourth-order valence-electron chi connectivity index (χ4n) is 1.73. The van der Waals surface area contributed by atoms with Gasteiger partial charge in [-0.25, -0.2) is 0 Å². The minimum Gasteiger partial charge on any atom is -0.503 e. The van der Waals surface area contributed by atoms with Gasteiger partial charge in [0.25, 0.3) is 0 Å². The molecule has 2 aromatic rings. The lowest BCUT2D eigenvalue weighted by atomic mass is 10.2. The van der Waals surface area contributed by atoms with E-state index in [1.807, 2.05) is 0 Å². The third-order valence-electron chi connectivity index (χ3n) is 2.83. The largest absolute Gasteiger partial charge is 0.503 e. The van der Waals surface area contributed by atoms with E-state index < -0.39 is 0 Å². The van der Waals surface area contributed by atoms with E-state index in [1.165, 1.54) is 13.3 Å². The van der Waals surface area contributed by atoms with Crippen molar-refractivity contribution in [2.24, 2.45) is 5.10 Å². The van der Waals surface area contributed by atoms with Crippen molar-refractivity contribution >= 4 is 68.4 Å². The highest BCUT2D eigenvalue weighted by atomic mass is 79.9. The first-order valence-electron chi connectivity index (χ1n) is 6.52. The lowest BCUT2D eigenvalue weighted by Crippen LogP contribution is -2.24. The number of hydrogen-bond donors (Lipinski definition) is 3. The molecule has 0 fully saturated rings. The number of nitrogens with one attached hydrogen (secondary N) is 2. The molecule has 0 bridgehead atoms. The molecular weight excluding hydrogens is 437 g/mol. The summed E-state index contributed by atoms with van der Waals surface area (Å²) in [5, 5.41) is 17.9. The first kappa shape index (κ1) is 18.8. The first-order chi connectivity index (χ1) is 11.4. The van der Waals surface area contributed by atoms with Gasteiger partial charge in [0.15, 0.2) is 16.6 Å². The monoisotopic (exact) mass is 447 g/mol. The summed E-state index contributed by atoms with van der Waals surface area (Å²) in [5.41, 5.74) is 3.99. The average molecular weight is 449 g/mol. The molecule has 0 atom stereocenters. The van der Waals surface area contributed by atoms with Crippen LogP contribution in [-0.2, 0) is 0 Å². The Kier molecular flexibility index (Phi) is 6.68. The predicted molar refractivity (Wildman–Crippen MR) is 106 cm³/mol. The summed E-state index contributed by atoms with van der Waals surface area (Å²) >= 11 is 20.3. The fraction of sp³-hybridized carbons (Fsp3) is 0.0667. The summed E-state index contributed by atoms with van der Waals surface area (Å²) in [6.45, 7) is 0. The number of ether oxygens (including phenoxy) is 1. The number of hydrazone groups is 1. The summed E-state index contributed by atoms with van der Waals surface area (Å²) in [5.74, 6) is 0.358. The summed E-state index contributed by atoms with van der Waals surface area (Å²) in [6, 6.07) is 8.34. The number of phenols is 1. The number of benzene rings is 2. The SMILES string of the molecule is COc1cc(/C=N/NC(=S)Nc2ccc(Cl)cc2Cl)cc(Br)c1O. The van der Waals surface area contributed by atoms with Gasteiger partial charge in [0.2, 0.25) is 0 Å². The number of anilines is 1. The summed E-state index contributed by atoms with van der Waals surface area (Å²) < 4.78 is 5.57. The van der Waals surface area contributed by atoms with Crippen molar-refractivity contribution < 1.29 is 9.84 Å². The van der Waals surface area contributed by atoms with Crippen LogP contribution in [0.1, 0.15) is 5.56 Å². The van der Waals surface area contributed by atoms with Crippen molar-refractivity contribution in [3.05, 3.63) is 50.4 Å². The molecule has 0 heterocycles.